The molecule has 0 aromatic rings. The van der Waals surface area contributed by atoms with Crippen LogP contribution < -0.4 is 0 Å². The molecule has 0 amide bonds. The summed E-state index contributed by atoms with van der Waals surface area (Å²) in [6.45, 7) is 0. The minimum Gasteiger partial charge on any atom is 0 e. The van der Waals surface area contributed by atoms with Crippen LogP contribution in [-0.2, 0) is 0 Å². The molecule has 0 saturated heterocycles. The second-order valence-electron chi connectivity index (χ2n) is 0. The normalized spacial score (nSPS) is 0. The van der Waals surface area contributed by atoms with Gasteiger partial charge < -0.3 is 0 Å². The van der Waals surface area contributed by atoms with Crippen molar-refractivity contribution in [3.63, 3.8) is 0 Å². The van der Waals surface area contributed by atoms with Gasteiger partial charge in [0.05, 0.1) is 0 Å². The molecule has 0 unspecified atom stereocenters. The van der Waals surface area contributed by atoms with Gasteiger partial charge in [0, 0.05) is 171 Å². The average molecular weight is 376 g/mol. The molecular weight excluding hydrogens is 376 g/mol. The van der Waals surface area contributed by atoms with Gasteiger partial charge in [-0.25, -0.2) is 0 Å². The average Bonchev–Trinajstić information content (AvgIpc) is 0. The number of rotatable bonds is 0. The molecule has 0 atom stereocenters. The smallest absolute Gasteiger partial charge is 0 e. The summed E-state index contributed by atoms with van der Waals surface area (Å²) in [5.74, 6) is 0. The van der Waals surface area contributed by atoms with Gasteiger partial charge >= 0.3 is 0 Å². The zero-order valence-corrected chi connectivity index (χ0v) is 20.5. The van der Waals surface area contributed by atoms with Crippen LogP contribution in [0.2, 0.25) is 0 Å². The molecule has 20 valence electrons. The Labute approximate surface area is 167 Å². The summed E-state index contributed by atoms with van der Waals surface area (Å²) in [5, 5.41) is 0. The summed E-state index contributed by atoms with van der Waals surface area (Å²) in [5.41, 5.74) is 0. The molecule has 0 aliphatic rings. The van der Waals surface area contributed by atoms with E-state index in [-0.39, 0.29) is 171 Å². The van der Waals surface area contributed by atoms with E-state index in [1.165, 1.54) is 0 Å². The topological polar surface area (TPSA) is 0 Å². The van der Waals surface area contributed by atoms with E-state index >= 15 is 0 Å². The van der Waals surface area contributed by atoms with Crippen LogP contribution in [0.5, 0.6) is 0 Å². The molecule has 0 bridgehead atoms. The molecule has 0 spiro atoms. The molecule has 0 rings (SSSR count). The first kappa shape index (κ1) is 68.8. The van der Waals surface area contributed by atoms with Crippen LogP contribution in [-0.4, -0.2) is 171 Å². The monoisotopic (exact) mass is 372 g/mol. The Hall–Kier alpha value is 5.61. The molecule has 20 radical (unpaired) electrons. The van der Waals surface area contributed by atoms with E-state index in [1.54, 1.807) is 0 Å². The fraction of sp³-hybridized carbons (Fsp3) is 0. The summed E-state index contributed by atoms with van der Waals surface area (Å²) < 4.78 is 0. The molecule has 0 N–H and O–H groups in total. The number of hydrogen-bond acceptors (Lipinski definition) is 0. The van der Waals surface area contributed by atoms with E-state index in [0.717, 1.165) is 0 Å². The maximum Gasteiger partial charge on any atom is 0 e. The van der Waals surface area contributed by atoms with Crippen molar-refractivity contribution < 1.29 is 0 Å². The Morgan fingerprint density at radius 1 is 0.250 bits per heavy atom. The molecular formula is Ga4Mg4. The van der Waals surface area contributed by atoms with Crippen molar-refractivity contribution in [1.29, 1.82) is 0 Å². The molecule has 8 heteroatoms. The molecule has 0 fully saturated rings. The first-order chi connectivity index (χ1) is 0. The van der Waals surface area contributed by atoms with E-state index in [1.807, 2.05) is 0 Å². The van der Waals surface area contributed by atoms with E-state index in [0.29, 0.717) is 0 Å². The van der Waals surface area contributed by atoms with E-state index < -0.39 is 0 Å². The van der Waals surface area contributed by atoms with Crippen LogP contribution in [0, 0.1) is 0 Å². The summed E-state index contributed by atoms with van der Waals surface area (Å²) >= 11 is 0. The van der Waals surface area contributed by atoms with E-state index in [9.17, 15) is 0 Å². The van der Waals surface area contributed by atoms with Crippen molar-refractivity contribution in [2.24, 2.45) is 0 Å². The van der Waals surface area contributed by atoms with Gasteiger partial charge in [-0.2, -0.15) is 0 Å². The minimum atomic E-state index is 0. The number of hydrogen-bond donors (Lipinski definition) is 0. The Kier molecular flexibility index (Phi) is 464. The molecule has 0 aromatic carbocycles. The van der Waals surface area contributed by atoms with Crippen molar-refractivity contribution in [1.82, 2.24) is 0 Å². The minimum absolute atomic E-state index is 0. The van der Waals surface area contributed by atoms with Gasteiger partial charge in [0.15, 0.2) is 0 Å². The van der Waals surface area contributed by atoms with Crippen LogP contribution in [0.15, 0.2) is 0 Å². The van der Waals surface area contributed by atoms with Gasteiger partial charge in [0.2, 0.25) is 0 Å². The van der Waals surface area contributed by atoms with E-state index in [2.05, 4.69) is 0 Å². The second-order valence-corrected chi connectivity index (χ2v) is 0. The zero-order chi connectivity index (χ0) is 0. The van der Waals surface area contributed by atoms with Crippen molar-refractivity contribution in [2.75, 3.05) is 0 Å². The molecule has 0 saturated carbocycles. The standard InChI is InChI=1S/4Ga.4Mg. The van der Waals surface area contributed by atoms with Crippen molar-refractivity contribution in [3.05, 3.63) is 0 Å². The van der Waals surface area contributed by atoms with Crippen LogP contribution in [0.4, 0.5) is 0 Å². The molecule has 0 aliphatic heterocycles. The largest absolute Gasteiger partial charge is 0 e. The molecule has 0 aliphatic carbocycles. The maximum atomic E-state index is 0. The second kappa shape index (κ2) is 54.0. The van der Waals surface area contributed by atoms with Crippen LogP contribution in [0.1, 0.15) is 0 Å². The van der Waals surface area contributed by atoms with Gasteiger partial charge in [-0.1, -0.05) is 0 Å². The summed E-state index contributed by atoms with van der Waals surface area (Å²) in [6.07, 6.45) is 0. The fourth-order valence-corrected chi connectivity index (χ4v) is 0. The first-order valence-electron chi connectivity index (χ1n) is 0. The van der Waals surface area contributed by atoms with Gasteiger partial charge in [-0.15, -0.1) is 0 Å². The van der Waals surface area contributed by atoms with Gasteiger partial charge in [-0.3, -0.25) is 0 Å². The quantitative estimate of drug-likeness (QED) is 0.395. The Morgan fingerprint density at radius 3 is 0.250 bits per heavy atom. The predicted octanol–water partition coefficient (Wildman–Crippen LogP) is -3.05. The third-order valence-corrected chi connectivity index (χ3v) is 0. The fourth-order valence-electron chi connectivity index (χ4n) is 0. The van der Waals surface area contributed by atoms with Gasteiger partial charge in [0.25, 0.3) is 0 Å². The Bertz CT molecular complexity index is 8.00. The van der Waals surface area contributed by atoms with Gasteiger partial charge in [0.1, 0.15) is 0 Å². The zero-order valence-electron chi connectivity index (χ0n) is 5.14. The molecule has 0 aromatic heterocycles. The SMILES string of the molecule is [Ga].[Ga].[Ga].[Ga].[Mg].[Mg].[Mg].[Mg]. The third kappa shape index (κ3) is 41.5. The maximum absolute atomic E-state index is 0. The van der Waals surface area contributed by atoms with Crippen molar-refractivity contribution in [3.8, 4) is 0 Å². The van der Waals surface area contributed by atoms with Crippen molar-refractivity contribution >= 4 is 171 Å². The Morgan fingerprint density at radius 2 is 0.250 bits per heavy atom. The van der Waals surface area contributed by atoms with E-state index in [4.69, 9.17) is 0 Å². The molecule has 8 heavy (non-hydrogen) atoms. The van der Waals surface area contributed by atoms with Crippen LogP contribution in [0.25, 0.3) is 0 Å². The first-order valence-corrected chi connectivity index (χ1v) is 0. The van der Waals surface area contributed by atoms with Crippen LogP contribution >= 0.6 is 0 Å². The van der Waals surface area contributed by atoms with Gasteiger partial charge in [-0.05, 0) is 0 Å². The summed E-state index contributed by atoms with van der Waals surface area (Å²) in [6, 6.07) is 0. The van der Waals surface area contributed by atoms with Crippen LogP contribution in [0.3, 0.4) is 0 Å². The Balaban J connectivity index is 0. The molecule has 0 heterocycles. The third-order valence-electron chi connectivity index (χ3n) is 0. The predicted molar refractivity (Wildman–Crippen MR) is 46.0 cm³/mol. The molecule has 0 nitrogen and oxygen atoms in total. The summed E-state index contributed by atoms with van der Waals surface area (Å²) in [4.78, 5) is 0. The van der Waals surface area contributed by atoms with Crippen molar-refractivity contribution in [2.45, 2.75) is 0 Å². The summed E-state index contributed by atoms with van der Waals surface area (Å²) in [7, 11) is 0.